The van der Waals surface area contributed by atoms with Crippen molar-refractivity contribution in [1.29, 1.82) is 0 Å². The second-order valence-corrected chi connectivity index (χ2v) is 12.8. The first-order valence-corrected chi connectivity index (χ1v) is 14.7. The van der Waals surface area contributed by atoms with E-state index < -0.39 is 26.9 Å². The van der Waals surface area contributed by atoms with Gasteiger partial charge in [0.25, 0.3) is 0 Å². The van der Waals surface area contributed by atoms with E-state index in [0.29, 0.717) is 10.6 Å². The minimum absolute atomic E-state index is 0. The molecule has 0 bridgehead atoms. The van der Waals surface area contributed by atoms with Crippen molar-refractivity contribution in [3.63, 3.8) is 0 Å². The summed E-state index contributed by atoms with van der Waals surface area (Å²) < 4.78 is 31.4. The molecular formula is C27H27ClN4O6S2. The molecule has 210 valence electrons. The van der Waals surface area contributed by atoms with Crippen LogP contribution in [-0.4, -0.2) is 59.1 Å². The van der Waals surface area contributed by atoms with Gasteiger partial charge in [-0.05, 0) is 41.8 Å². The molecule has 1 aromatic carbocycles. The van der Waals surface area contributed by atoms with Gasteiger partial charge in [0, 0.05) is 40.8 Å². The molecule has 0 aliphatic carbocycles. The number of halogens is 1. The van der Waals surface area contributed by atoms with Crippen molar-refractivity contribution < 1.29 is 27.6 Å². The molecule has 0 saturated carbocycles. The van der Waals surface area contributed by atoms with Crippen LogP contribution in [0.25, 0.3) is 21.8 Å². The van der Waals surface area contributed by atoms with Crippen molar-refractivity contribution in [1.82, 2.24) is 20.3 Å². The monoisotopic (exact) mass is 602 g/mol. The third-order valence-electron chi connectivity index (χ3n) is 6.98. The fraction of sp³-hybridized carbons (Fsp3) is 0.259. The fourth-order valence-corrected chi connectivity index (χ4v) is 8.41. The Kier molecular flexibility index (Phi) is 9.04. The highest BCUT2D eigenvalue weighted by Crippen LogP contribution is 2.45. The summed E-state index contributed by atoms with van der Waals surface area (Å²) in [5.41, 5.74) is 4.10. The molecule has 4 aromatic rings. The molecule has 4 heterocycles. The highest BCUT2D eigenvalue weighted by molar-refractivity contribution is 7.92. The van der Waals surface area contributed by atoms with Crippen LogP contribution in [0.5, 0.6) is 0 Å². The third kappa shape index (κ3) is 5.94. The van der Waals surface area contributed by atoms with E-state index in [1.807, 2.05) is 30.3 Å². The average Bonchev–Trinajstić information content (AvgIpc) is 3.64. The standard InChI is InChI=1S/C27H26N4O6S2.ClH/c32-25(30-34)16-27(9-12-31(13-14-39(27,35)36)26(33)15-19-7-10-28-11-8-19)24-6-5-23(38-24)21-3-1-20(2-4-21)22-17-29-18-37-22;/h1-8,10-11,17-18,34H,9,12-16H2,(H,30,32);1H. The lowest BCUT2D eigenvalue weighted by atomic mass is 9.97. The summed E-state index contributed by atoms with van der Waals surface area (Å²) >= 11 is 1.28. The molecule has 0 radical (unpaired) electrons. The summed E-state index contributed by atoms with van der Waals surface area (Å²) in [5.74, 6) is -0.665. The Morgan fingerprint density at radius 3 is 2.42 bits per heavy atom. The number of hydrogen-bond donors (Lipinski definition) is 2. The predicted molar refractivity (Wildman–Crippen MR) is 152 cm³/mol. The second kappa shape index (κ2) is 12.3. The van der Waals surface area contributed by atoms with E-state index in [9.17, 15) is 23.2 Å². The van der Waals surface area contributed by atoms with E-state index in [-0.39, 0.29) is 50.0 Å². The fourth-order valence-electron chi connectivity index (χ4n) is 4.80. The van der Waals surface area contributed by atoms with Crippen LogP contribution < -0.4 is 5.48 Å². The van der Waals surface area contributed by atoms with Crippen LogP contribution in [0.4, 0.5) is 0 Å². The van der Waals surface area contributed by atoms with Crippen molar-refractivity contribution in [2.45, 2.75) is 24.0 Å². The minimum atomic E-state index is -3.91. The first-order valence-electron chi connectivity index (χ1n) is 12.2. The zero-order chi connectivity index (χ0) is 27.5. The quantitative estimate of drug-likeness (QED) is 0.240. The van der Waals surface area contributed by atoms with Crippen LogP contribution >= 0.6 is 23.7 Å². The van der Waals surface area contributed by atoms with Gasteiger partial charge in [0.15, 0.2) is 22.0 Å². The number of nitrogens with one attached hydrogen (secondary N) is 1. The predicted octanol–water partition coefficient (Wildman–Crippen LogP) is 3.87. The van der Waals surface area contributed by atoms with Crippen LogP contribution in [0.2, 0.25) is 0 Å². The molecule has 2 amide bonds. The summed E-state index contributed by atoms with van der Waals surface area (Å²) in [6, 6.07) is 14.6. The molecule has 5 rings (SSSR count). The summed E-state index contributed by atoms with van der Waals surface area (Å²) in [6.07, 6.45) is 5.88. The Bertz CT molecular complexity index is 1560. The summed E-state index contributed by atoms with van der Waals surface area (Å²) in [7, 11) is -3.91. The van der Waals surface area contributed by atoms with E-state index in [0.717, 1.165) is 21.6 Å². The van der Waals surface area contributed by atoms with Crippen LogP contribution in [0.1, 0.15) is 23.3 Å². The molecule has 10 nitrogen and oxygen atoms in total. The lowest BCUT2D eigenvalue weighted by Crippen LogP contribution is -2.41. The molecule has 1 atom stereocenters. The van der Waals surface area contributed by atoms with Gasteiger partial charge >= 0.3 is 0 Å². The normalized spacial score (nSPS) is 18.4. The number of carbonyl (C=O) groups excluding carboxylic acids is 2. The Balaban J connectivity index is 0.00000370. The van der Waals surface area contributed by atoms with E-state index in [1.165, 1.54) is 22.6 Å². The van der Waals surface area contributed by atoms with Crippen LogP contribution in [0, 0.1) is 0 Å². The highest BCUT2D eigenvalue weighted by Gasteiger charge is 2.49. The first-order chi connectivity index (χ1) is 18.8. The number of hydrogen-bond acceptors (Lipinski definition) is 9. The van der Waals surface area contributed by atoms with Gasteiger partial charge in [-0.3, -0.25) is 19.8 Å². The first kappa shape index (κ1) is 29.4. The van der Waals surface area contributed by atoms with E-state index >= 15 is 0 Å². The zero-order valence-corrected chi connectivity index (χ0v) is 23.7. The van der Waals surface area contributed by atoms with Gasteiger partial charge in [-0.1, -0.05) is 24.3 Å². The van der Waals surface area contributed by atoms with E-state index in [4.69, 9.17) is 4.42 Å². The van der Waals surface area contributed by atoms with Gasteiger partial charge in [-0.15, -0.1) is 23.7 Å². The molecule has 1 unspecified atom stereocenters. The maximum absolute atomic E-state index is 13.8. The number of benzene rings is 1. The molecule has 2 N–H and O–H groups in total. The number of rotatable bonds is 7. The van der Waals surface area contributed by atoms with Gasteiger partial charge in [0.1, 0.15) is 4.75 Å². The largest absolute Gasteiger partial charge is 0.444 e. The Labute approximate surface area is 241 Å². The topological polar surface area (TPSA) is 143 Å². The van der Waals surface area contributed by atoms with Gasteiger partial charge in [-0.25, -0.2) is 18.9 Å². The SMILES string of the molecule is Cl.O=C(CC1(c2ccc(-c3ccc(-c4cnco4)cc3)s2)CCN(C(=O)Cc2ccncc2)CCS1(=O)=O)NO. The Morgan fingerprint density at radius 2 is 1.75 bits per heavy atom. The highest BCUT2D eigenvalue weighted by atomic mass is 35.5. The molecule has 0 spiro atoms. The van der Waals surface area contributed by atoms with Crippen molar-refractivity contribution in [3.8, 4) is 21.8 Å². The smallest absolute Gasteiger partial charge is 0.245 e. The zero-order valence-electron chi connectivity index (χ0n) is 21.2. The van der Waals surface area contributed by atoms with Gasteiger partial charge < -0.3 is 9.32 Å². The number of nitrogens with zero attached hydrogens (tertiary/aromatic N) is 3. The number of carbonyl (C=O) groups is 2. The second-order valence-electron chi connectivity index (χ2n) is 9.29. The van der Waals surface area contributed by atoms with Gasteiger partial charge in [0.05, 0.1) is 24.8 Å². The number of hydroxylamine groups is 1. The maximum Gasteiger partial charge on any atom is 0.245 e. The number of pyridine rings is 1. The number of thiophene rings is 1. The summed E-state index contributed by atoms with van der Waals surface area (Å²) in [6.45, 7) is 0.178. The Hall–Kier alpha value is -3.58. The lowest BCUT2D eigenvalue weighted by Gasteiger charge is -2.30. The molecule has 40 heavy (non-hydrogen) atoms. The van der Waals surface area contributed by atoms with Crippen molar-refractivity contribution >= 4 is 45.4 Å². The van der Waals surface area contributed by atoms with Gasteiger partial charge in [0.2, 0.25) is 11.8 Å². The van der Waals surface area contributed by atoms with Crippen molar-refractivity contribution in [2.75, 3.05) is 18.8 Å². The Morgan fingerprint density at radius 1 is 1.02 bits per heavy atom. The van der Waals surface area contributed by atoms with Crippen molar-refractivity contribution in [2.24, 2.45) is 0 Å². The maximum atomic E-state index is 13.8. The van der Waals surface area contributed by atoms with E-state index in [1.54, 1.807) is 42.3 Å². The number of aromatic nitrogens is 2. The average molecular weight is 603 g/mol. The minimum Gasteiger partial charge on any atom is -0.444 e. The number of oxazole rings is 1. The molecule has 1 saturated heterocycles. The van der Waals surface area contributed by atoms with Crippen LogP contribution in [0.15, 0.2) is 77.9 Å². The molecule has 3 aromatic heterocycles. The van der Waals surface area contributed by atoms with Crippen LogP contribution in [-0.2, 0) is 30.6 Å². The lowest BCUT2D eigenvalue weighted by molar-refractivity contribution is -0.130. The summed E-state index contributed by atoms with van der Waals surface area (Å²) in [5, 5.41) is 9.29. The molecule has 1 aliphatic heterocycles. The molecular weight excluding hydrogens is 576 g/mol. The van der Waals surface area contributed by atoms with Crippen LogP contribution in [0.3, 0.4) is 0 Å². The molecule has 1 fully saturated rings. The molecule has 13 heteroatoms. The summed E-state index contributed by atoms with van der Waals surface area (Å²) in [4.78, 5) is 36.2. The number of amides is 2. The molecule has 1 aliphatic rings. The van der Waals surface area contributed by atoms with Crippen molar-refractivity contribution in [3.05, 3.63) is 84.0 Å². The third-order valence-corrected chi connectivity index (χ3v) is 10.9. The van der Waals surface area contributed by atoms with E-state index in [2.05, 4.69) is 9.97 Å². The number of sulfone groups is 1. The van der Waals surface area contributed by atoms with Gasteiger partial charge in [-0.2, -0.15) is 0 Å².